The largest absolute Gasteiger partial charge is 0.393 e. The van der Waals surface area contributed by atoms with Gasteiger partial charge in [0, 0.05) is 10.6 Å². The lowest BCUT2D eigenvalue weighted by Gasteiger charge is -2.60. The normalized spacial score (nSPS) is 25.2. The van der Waals surface area contributed by atoms with E-state index < -0.39 is 5.60 Å². The Kier molecular flexibility index (Phi) is 4.23. The summed E-state index contributed by atoms with van der Waals surface area (Å²) in [7, 11) is 0. The molecule has 3 rings (SSSR count). The molecule has 2 aromatic carbocycles. The lowest BCUT2D eigenvalue weighted by molar-refractivity contribution is -0.440. The lowest BCUT2D eigenvalue weighted by Crippen LogP contribution is -2.66. The molecule has 2 atom stereocenters. The summed E-state index contributed by atoms with van der Waals surface area (Å²) in [6, 6.07) is 17.6. The van der Waals surface area contributed by atoms with Gasteiger partial charge in [0.15, 0.2) is 5.60 Å². The summed E-state index contributed by atoms with van der Waals surface area (Å²) < 4.78 is 0. The second-order valence-corrected chi connectivity index (χ2v) is 7.39. The zero-order valence-electron chi connectivity index (χ0n) is 13.7. The minimum absolute atomic E-state index is 0.0767. The first-order valence-corrected chi connectivity index (χ1v) is 8.16. The number of hydrogen-bond donors (Lipinski definition) is 1. The van der Waals surface area contributed by atoms with E-state index in [9.17, 15) is 5.11 Å². The Balaban J connectivity index is 2.08. The molecule has 0 spiro atoms. The molecule has 0 bridgehead atoms. The third-order valence-corrected chi connectivity index (χ3v) is 4.53. The SMILES string of the molecule is CC(C)(C)N1O[C@@](CO)(c2ccccc2)[C@H]1c1ccc(Cl)cc1. The number of hydroxylamine groups is 2. The molecule has 0 amide bonds. The molecule has 1 saturated heterocycles. The van der Waals surface area contributed by atoms with E-state index in [1.807, 2.05) is 59.7 Å². The van der Waals surface area contributed by atoms with Gasteiger partial charge >= 0.3 is 0 Å². The van der Waals surface area contributed by atoms with Crippen LogP contribution in [0.4, 0.5) is 0 Å². The number of aliphatic hydroxyl groups excluding tert-OH is 1. The van der Waals surface area contributed by atoms with Gasteiger partial charge in [0.1, 0.15) is 0 Å². The van der Waals surface area contributed by atoms with Crippen molar-refractivity contribution in [2.24, 2.45) is 0 Å². The van der Waals surface area contributed by atoms with Crippen molar-refractivity contribution in [1.82, 2.24) is 5.06 Å². The Morgan fingerprint density at radius 2 is 1.70 bits per heavy atom. The fraction of sp³-hybridized carbons (Fsp3) is 0.368. The lowest BCUT2D eigenvalue weighted by atomic mass is 9.78. The van der Waals surface area contributed by atoms with Gasteiger partial charge in [-0.3, -0.25) is 4.84 Å². The van der Waals surface area contributed by atoms with Gasteiger partial charge in [0.25, 0.3) is 0 Å². The van der Waals surface area contributed by atoms with Crippen LogP contribution in [0.25, 0.3) is 0 Å². The molecule has 122 valence electrons. The second-order valence-electron chi connectivity index (χ2n) is 6.96. The number of hydrogen-bond acceptors (Lipinski definition) is 3. The van der Waals surface area contributed by atoms with Crippen molar-refractivity contribution < 1.29 is 9.94 Å². The second kappa shape index (κ2) is 5.91. The van der Waals surface area contributed by atoms with E-state index in [1.165, 1.54) is 0 Å². The van der Waals surface area contributed by atoms with E-state index in [2.05, 4.69) is 20.8 Å². The summed E-state index contributed by atoms with van der Waals surface area (Å²) in [6.45, 7) is 6.21. The molecule has 1 fully saturated rings. The summed E-state index contributed by atoms with van der Waals surface area (Å²) in [5.74, 6) is 0. The average molecular weight is 332 g/mol. The first-order chi connectivity index (χ1) is 10.9. The highest BCUT2D eigenvalue weighted by Gasteiger charge is 2.59. The molecule has 0 unspecified atom stereocenters. The quantitative estimate of drug-likeness (QED) is 0.909. The molecule has 0 radical (unpaired) electrons. The molecule has 1 N–H and O–H groups in total. The minimum Gasteiger partial charge on any atom is -0.393 e. The van der Waals surface area contributed by atoms with Crippen LogP contribution in [0, 0.1) is 0 Å². The van der Waals surface area contributed by atoms with Crippen LogP contribution in [-0.4, -0.2) is 22.3 Å². The molecular weight excluding hydrogens is 310 g/mol. The van der Waals surface area contributed by atoms with Crippen molar-refractivity contribution >= 4 is 11.6 Å². The van der Waals surface area contributed by atoms with Gasteiger partial charge in [0.05, 0.1) is 12.6 Å². The predicted molar refractivity (Wildman–Crippen MR) is 92.1 cm³/mol. The number of benzene rings is 2. The zero-order valence-corrected chi connectivity index (χ0v) is 14.4. The summed E-state index contributed by atoms with van der Waals surface area (Å²) in [5, 5.41) is 12.8. The highest BCUT2D eigenvalue weighted by molar-refractivity contribution is 6.30. The van der Waals surface area contributed by atoms with E-state index in [0.717, 1.165) is 11.1 Å². The Morgan fingerprint density at radius 1 is 1.09 bits per heavy atom. The number of halogens is 1. The smallest absolute Gasteiger partial charge is 0.160 e. The highest BCUT2D eigenvalue weighted by atomic mass is 35.5. The maximum Gasteiger partial charge on any atom is 0.160 e. The van der Waals surface area contributed by atoms with Crippen LogP contribution in [0.2, 0.25) is 5.02 Å². The zero-order chi connectivity index (χ0) is 16.7. The first-order valence-electron chi connectivity index (χ1n) is 7.79. The van der Waals surface area contributed by atoms with Crippen LogP contribution in [0.3, 0.4) is 0 Å². The van der Waals surface area contributed by atoms with Gasteiger partial charge in [-0.25, -0.2) is 0 Å². The van der Waals surface area contributed by atoms with Crippen molar-refractivity contribution in [3.63, 3.8) is 0 Å². The topological polar surface area (TPSA) is 32.7 Å². The van der Waals surface area contributed by atoms with E-state index in [0.29, 0.717) is 5.02 Å². The molecule has 3 nitrogen and oxygen atoms in total. The summed E-state index contributed by atoms with van der Waals surface area (Å²) in [5.41, 5.74) is 1.11. The van der Waals surface area contributed by atoms with Crippen molar-refractivity contribution in [2.45, 2.75) is 38.0 Å². The first kappa shape index (κ1) is 16.5. The molecule has 0 saturated carbocycles. The molecule has 1 aliphatic rings. The average Bonchev–Trinajstić information content (AvgIpc) is 2.49. The predicted octanol–water partition coefficient (Wildman–Crippen LogP) is 4.31. The number of aliphatic hydroxyl groups is 1. The van der Waals surface area contributed by atoms with Crippen LogP contribution < -0.4 is 0 Å². The summed E-state index contributed by atoms with van der Waals surface area (Å²) in [4.78, 5) is 6.17. The Bertz CT molecular complexity index is 666. The fourth-order valence-corrected chi connectivity index (χ4v) is 3.26. The van der Waals surface area contributed by atoms with E-state index in [1.54, 1.807) is 0 Å². The van der Waals surface area contributed by atoms with Crippen LogP contribution in [0.15, 0.2) is 54.6 Å². The van der Waals surface area contributed by atoms with E-state index in [4.69, 9.17) is 16.4 Å². The van der Waals surface area contributed by atoms with E-state index >= 15 is 0 Å². The molecule has 2 aromatic rings. The number of nitrogens with zero attached hydrogens (tertiary/aromatic N) is 1. The van der Waals surface area contributed by atoms with Gasteiger partial charge in [-0.1, -0.05) is 54.1 Å². The van der Waals surface area contributed by atoms with Crippen LogP contribution in [-0.2, 0) is 10.4 Å². The third kappa shape index (κ3) is 2.79. The molecule has 4 heteroatoms. The molecule has 1 aliphatic heterocycles. The van der Waals surface area contributed by atoms with Crippen molar-refractivity contribution in [3.05, 3.63) is 70.7 Å². The molecule has 1 heterocycles. The maximum atomic E-state index is 10.2. The Hall–Kier alpha value is -1.39. The monoisotopic (exact) mass is 331 g/mol. The van der Waals surface area contributed by atoms with Crippen molar-refractivity contribution in [1.29, 1.82) is 0 Å². The molecule has 23 heavy (non-hydrogen) atoms. The van der Waals surface area contributed by atoms with Gasteiger partial charge in [0.2, 0.25) is 0 Å². The summed E-state index contributed by atoms with van der Waals surface area (Å²) >= 11 is 6.03. The molecule has 0 aromatic heterocycles. The Morgan fingerprint density at radius 3 is 2.22 bits per heavy atom. The minimum atomic E-state index is -0.762. The van der Waals surface area contributed by atoms with Crippen LogP contribution >= 0.6 is 11.6 Å². The maximum absolute atomic E-state index is 10.2. The van der Waals surface area contributed by atoms with E-state index in [-0.39, 0.29) is 18.2 Å². The standard InChI is InChI=1S/C19H22ClNO2/c1-18(2,3)21-17(14-9-11-16(20)12-10-14)19(13-22,23-21)15-7-5-4-6-8-15/h4-12,17,22H,13H2,1-3H3/t17-,19+/m1/s1. The van der Waals surface area contributed by atoms with Crippen molar-refractivity contribution in [2.75, 3.05) is 6.61 Å². The van der Waals surface area contributed by atoms with Gasteiger partial charge in [-0.05, 0) is 44.0 Å². The third-order valence-electron chi connectivity index (χ3n) is 4.28. The molecule has 0 aliphatic carbocycles. The highest BCUT2D eigenvalue weighted by Crippen LogP contribution is 2.54. The Labute approximate surface area is 142 Å². The summed E-state index contributed by atoms with van der Waals surface area (Å²) in [6.07, 6.45) is 0. The van der Waals surface area contributed by atoms with Gasteiger partial charge in [-0.2, -0.15) is 5.06 Å². The van der Waals surface area contributed by atoms with Crippen molar-refractivity contribution in [3.8, 4) is 0 Å². The van der Waals surface area contributed by atoms with Gasteiger partial charge in [-0.15, -0.1) is 0 Å². The molecular formula is C19H22ClNO2. The fourth-order valence-electron chi connectivity index (χ4n) is 3.13. The van der Waals surface area contributed by atoms with Crippen LogP contribution in [0.1, 0.15) is 37.9 Å². The van der Waals surface area contributed by atoms with Gasteiger partial charge < -0.3 is 5.11 Å². The number of rotatable bonds is 3. The van der Waals surface area contributed by atoms with Crippen LogP contribution in [0.5, 0.6) is 0 Å².